The summed E-state index contributed by atoms with van der Waals surface area (Å²) in [6.07, 6.45) is 2.56. The van der Waals surface area contributed by atoms with Crippen LogP contribution in [-0.2, 0) is 9.59 Å². The summed E-state index contributed by atoms with van der Waals surface area (Å²) in [6.45, 7) is 6.96. The van der Waals surface area contributed by atoms with Crippen LogP contribution in [0.3, 0.4) is 0 Å². The van der Waals surface area contributed by atoms with Crippen molar-refractivity contribution in [2.75, 3.05) is 20.3 Å². The first-order valence-electron chi connectivity index (χ1n) is 11.1. The van der Waals surface area contributed by atoms with Gasteiger partial charge in [0, 0.05) is 12.1 Å². The van der Waals surface area contributed by atoms with Crippen LogP contribution in [0.25, 0.3) is 5.76 Å². The van der Waals surface area contributed by atoms with E-state index in [4.69, 9.17) is 9.47 Å². The quantitative estimate of drug-likeness (QED) is 0.339. The highest BCUT2D eigenvalue weighted by Gasteiger charge is 2.45. The number of hydrogen-bond donors (Lipinski definition) is 1. The molecule has 170 valence electrons. The minimum atomic E-state index is -0.662. The van der Waals surface area contributed by atoms with Gasteiger partial charge in [-0.15, -0.1) is 0 Å². The van der Waals surface area contributed by atoms with Crippen molar-refractivity contribution in [2.24, 2.45) is 0 Å². The molecular weight excluding hydrogens is 406 g/mol. The van der Waals surface area contributed by atoms with Crippen molar-refractivity contribution >= 4 is 17.4 Å². The maximum absolute atomic E-state index is 13.1. The van der Waals surface area contributed by atoms with Gasteiger partial charge in [-0.1, -0.05) is 32.4 Å². The number of amides is 1. The molecule has 0 saturated carbocycles. The van der Waals surface area contributed by atoms with E-state index in [1.807, 2.05) is 45.0 Å². The van der Waals surface area contributed by atoms with Crippen LogP contribution in [0.2, 0.25) is 0 Å². The Morgan fingerprint density at radius 1 is 1.03 bits per heavy atom. The van der Waals surface area contributed by atoms with Gasteiger partial charge in [0.1, 0.15) is 17.3 Å². The molecule has 0 radical (unpaired) electrons. The maximum atomic E-state index is 13.1. The van der Waals surface area contributed by atoms with Gasteiger partial charge >= 0.3 is 0 Å². The molecule has 0 spiro atoms. The topological polar surface area (TPSA) is 76.1 Å². The summed E-state index contributed by atoms with van der Waals surface area (Å²) >= 11 is 0. The van der Waals surface area contributed by atoms with Gasteiger partial charge in [0.05, 0.1) is 25.3 Å². The molecule has 1 atom stereocenters. The predicted molar refractivity (Wildman–Crippen MR) is 124 cm³/mol. The SMILES string of the molecule is CCCCN1C(=O)C(=O)/C(=C(\O)c2ccc(OC)cc2C)C1c1ccc(OCCC)cc1. The Balaban J connectivity index is 2.10. The zero-order chi connectivity index (χ0) is 23.3. The zero-order valence-electron chi connectivity index (χ0n) is 19.2. The fraction of sp³-hybridized carbons (Fsp3) is 0.385. The Kier molecular flexibility index (Phi) is 7.57. The van der Waals surface area contributed by atoms with Crippen LogP contribution in [-0.4, -0.2) is 42.0 Å². The summed E-state index contributed by atoms with van der Waals surface area (Å²) in [6, 6.07) is 12.0. The second-order valence-corrected chi connectivity index (χ2v) is 7.94. The van der Waals surface area contributed by atoms with E-state index in [1.165, 1.54) is 0 Å². The van der Waals surface area contributed by atoms with Crippen LogP contribution in [0.15, 0.2) is 48.0 Å². The Bertz CT molecular complexity index is 1010. The Labute approximate surface area is 189 Å². The average molecular weight is 438 g/mol. The standard InChI is InChI=1S/C26H31NO5/c1-5-7-14-27-23(18-8-10-19(11-9-18)32-15-6-2)22(25(29)26(27)30)24(28)21-13-12-20(31-4)16-17(21)3/h8-13,16,23,28H,5-7,14-15H2,1-4H3/b24-22-. The van der Waals surface area contributed by atoms with Gasteiger partial charge in [-0.3, -0.25) is 9.59 Å². The number of rotatable bonds is 9. The molecule has 1 amide bonds. The molecule has 2 aromatic carbocycles. The molecule has 3 rings (SSSR count). The molecule has 1 unspecified atom stereocenters. The van der Waals surface area contributed by atoms with Gasteiger partial charge in [-0.2, -0.15) is 0 Å². The van der Waals surface area contributed by atoms with Crippen LogP contribution in [0.5, 0.6) is 11.5 Å². The number of methoxy groups -OCH3 is 1. The largest absolute Gasteiger partial charge is 0.507 e. The van der Waals surface area contributed by atoms with Crippen molar-refractivity contribution in [1.29, 1.82) is 0 Å². The molecule has 6 heteroatoms. The van der Waals surface area contributed by atoms with Gasteiger partial charge in [0.25, 0.3) is 11.7 Å². The van der Waals surface area contributed by atoms with Crippen molar-refractivity contribution < 1.29 is 24.2 Å². The lowest BCUT2D eigenvalue weighted by molar-refractivity contribution is -0.139. The third-order valence-corrected chi connectivity index (χ3v) is 5.65. The number of carbonyl (C=O) groups is 2. The number of likely N-dealkylation sites (tertiary alicyclic amines) is 1. The lowest BCUT2D eigenvalue weighted by Crippen LogP contribution is -2.30. The first kappa shape index (κ1) is 23.4. The van der Waals surface area contributed by atoms with Crippen molar-refractivity contribution in [3.63, 3.8) is 0 Å². The smallest absolute Gasteiger partial charge is 0.295 e. The van der Waals surface area contributed by atoms with Crippen LogP contribution < -0.4 is 9.47 Å². The van der Waals surface area contributed by atoms with E-state index in [0.717, 1.165) is 36.1 Å². The number of unbranched alkanes of at least 4 members (excludes halogenated alkanes) is 1. The summed E-state index contributed by atoms with van der Waals surface area (Å²) in [5.41, 5.74) is 2.13. The van der Waals surface area contributed by atoms with Crippen molar-refractivity contribution in [3.05, 3.63) is 64.7 Å². The van der Waals surface area contributed by atoms with Gasteiger partial charge in [0.2, 0.25) is 0 Å². The van der Waals surface area contributed by atoms with Crippen LogP contribution >= 0.6 is 0 Å². The molecule has 1 aliphatic heterocycles. The summed E-state index contributed by atoms with van der Waals surface area (Å²) in [7, 11) is 1.57. The van der Waals surface area contributed by atoms with E-state index in [-0.39, 0.29) is 11.3 Å². The van der Waals surface area contributed by atoms with E-state index in [1.54, 1.807) is 30.2 Å². The van der Waals surface area contributed by atoms with Gasteiger partial charge in [-0.25, -0.2) is 0 Å². The lowest BCUT2D eigenvalue weighted by Gasteiger charge is -2.25. The number of aliphatic hydroxyl groups is 1. The van der Waals surface area contributed by atoms with Gasteiger partial charge in [0.15, 0.2) is 0 Å². The number of benzene rings is 2. The molecule has 1 heterocycles. The number of ketones is 1. The monoisotopic (exact) mass is 437 g/mol. The fourth-order valence-corrected chi connectivity index (χ4v) is 3.93. The molecule has 6 nitrogen and oxygen atoms in total. The van der Waals surface area contributed by atoms with Crippen molar-refractivity contribution in [1.82, 2.24) is 4.90 Å². The molecule has 1 saturated heterocycles. The van der Waals surface area contributed by atoms with Gasteiger partial charge < -0.3 is 19.5 Å². The highest BCUT2D eigenvalue weighted by Crippen LogP contribution is 2.40. The molecule has 1 N–H and O–H groups in total. The maximum Gasteiger partial charge on any atom is 0.295 e. The van der Waals surface area contributed by atoms with E-state index >= 15 is 0 Å². The second-order valence-electron chi connectivity index (χ2n) is 7.94. The summed E-state index contributed by atoms with van der Waals surface area (Å²) in [4.78, 5) is 27.6. The molecule has 0 bridgehead atoms. The van der Waals surface area contributed by atoms with Gasteiger partial charge in [-0.05, 0) is 61.2 Å². The van der Waals surface area contributed by atoms with E-state index in [2.05, 4.69) is 0 Å². The van der Waals surface area contributed by atoms with E-state index < -0.39 is 17.7 Å². The van der Waals surface area contributed by atoms with E-state index in [0.29, 0.717) is 24.5 Å². The number of aliphatic hydroxyl groups excluding tert-OH is 1. The molecule has 1 fully saturated rings. The second kappa shape index (κ2) is 10.4. The zero-order valence-corrected chi connectivity index (χ0v) is 19.2. The molecule has 0 aliphatic carbocycles. The van der Waals surface area contributed by atoms with Crippen LogP contribution in [0.4, 0.5) is 0 Å². The number of carbonyl (C=O) groups excluding carboxylic acids is 2. The fourth-order valence-electron chi connectivity index (χ4n) is 3.93. The Morgan fingerprint density at radius 2 is 1.72 bits per heavy atom. The first-order valence-corrected chi connectivity index (χ1v) is 11.1. The molecular formula is C26H31NO5. The third kappa shape index (κ3) is 4.64. The normalized spacial score (nSPS) is 17.6. The summed E-state index contributed by atoms with van der Waals surface area (Å²) in [5, 5.41) is 11.2. The molecule has 32 heavy (non-hydrogen) atoms. The Hall–Kier alpha value is -3.28. The predicted octanol–water partition coefficient (Wildman–Crippen LogP) is 5.01. The third-order valence-electron chi connectivity index (χ3n) is 5.65. The van der Waals surface area contributed by atoms with E-state index in [9.17, 15) is 14.7 Å². The van der Waals surface area contributed by atoms with Crippen LogP contribution in [0.1, 0.15) is 55.8 Å². The molecule has 0 aromatic heterocycles. The highest BCUT2D eigenvalue weighted by molar-refractivity contribution is 6.46. The van der Waals surface area contributed by atoms with Crippen LogP contribution in [0, 0.1) is 6.92 Å². The summed E-state index contributed by atoms with van der Waals surface area (Å²) in [5.74, 6) is -0.0276. The minimum Gasteiger partial charge on any atom is -0.507 e. The van der Waals surface area contributed by atoms with Crippen molar-refractivity contribution in [3.8, 4) is 11.5 Å². The number of Topliss-reactive ketones (excluding diaryl/α,β-unsaturated/α-hetero) is 1. The molecule has 1 aliphatic rings. The lowest BCUT2D eigenvalue weighted by atomic mass is 9.93. The highest BCUT2D eigenvalue weighted by atomic mass is 16.5. The minimum absolute atomic E-state index is 0.113. The molecule has 2 aromatic rings. The number of ether oxygens (including phenoxy) is 2. The first-order chi connectivity index (χ1) is 15.4. The number of hydrogen-bond acceptors (Lipinski definition) is 5. The van der Waals surface area contributed by atoms with Crippen molar-refractivity contribution in [2.45, 2.75) is 46.1 Å². The number of aryl methyl sites for hydroxylation is 1. The summed E-state index contributed by atoms with van der Waals surface area (Å²) < 4.78 is 10.9. The average Bonchev–Trinajstić information content (AvgIpc) is 3.06. The number of nitrogens with zero attached hydrogens (tertiary/aromatic N) is 1. The Morgan fingerprint density at radius 3 is 2.31 bits per heavy atom.